The van der Waals surface area contributed by atoms with Gasteiger partial charge in [0.05, 0.1) is 5.56 Å². The molecule has 0 saturated carbocycles. The molecule has 3 N–H and O–H groups in total. The number of nitrogen functional groups attached to an aromatic ring is 1. The fourth-order valence-corrected chi connectivity index (χ4v) is 1.55. The molecule has 0 aliphatic carbocycles. The van der Waals surface area contributed by atoms with Crippen molar-refractivity contribution in [1.82, 2.24) is 4.98 Å². The average Bonchev–Trinajstić information content (AvgIpc) is 2.39. The van der Waals surface area contributed by atoms with Crippen LogP contribution in [0.3, 0.4) is 0 Å². The second-order valence-corrected chi connectivity index (χ2v) is 3.64. The Morgan fingerprint density at radius 2 is 1.94 bits per heavy atom. The van der Waals surface area contributed by atoms with E-state index >= 15 is 0 Å². The summed E-state index contributed by atoms with van der Waals surface area (Å²) < 4.78 is 0. The van der Waals surface area contributed by atoms with Gasteiger partial charge in [-0.1, -0.05) is 30.3 Å². The molecule has 1 heterocycles. The first-order valence-corrected chi connectivity index (χ1v) is 5.17. The van der Waals surface area contributed by atoms with Crippen LogP contribution in [0.4, 0.5) is 5.69 Å². The molecule has 0 spiro atoms. The predicted molar refractivity (Wildman–Crippen MR) is 64.4 cm³/mol. The molecular formula is C13H12N2O2. The number of hydrogen-bond acceptors (Lipinski definition) is 4. The first-order valence-electron chi connectivity index (χ1n) is 5.17. The maximum atomic E-state index is 12.0. The number of ketones is 1. The highest BCUT2D eigenvalue weighted by Crippen LogP contribution is 2.20. The van der Waals surface area contributed by atoms with E-state index in [0.717, 1.165) is 0 Å². The SMILES string of the molecule is Nc1ccncc1C(=O)C(O)c1ccccc1. The predicted octanol–water partition coefficient (Wildman–Crippen LogP) is 1.58. The quantitative estimate of drug-likeness (QED) is 0.782. The zero-order chi connectivity index (χ0) is 12.3. The molecule has 0 aliphatic rings. The molecular weight excluding hydrogens is 216 g/mol. The summed E-state index contributed by atoms with van der Waals surface area (Å²) in [4.78, 5) is 15.8. The van der Waals surface area contributed by atoms with Gasteiger partial charge in [-0.05, 0) is 11.6 Å². The molecule has 86 valence electrons. The largest absolute Gasteiger partial charge is 0.398 e. The lowest BCUT2D eigenvalue weighted by atomic mass is 10.0. The number of aliphatic hydroxyl groups is 1. The number of hydrogen-bond donors (Lipinski definition) is 2. The summed E-state index contributed by atoms with van der Waals surface area (Å²) in [7, 11) is 0. The van der Waals surface area contributed by atoms with Crippen LogP contribution in [0.25, 0.3) is 0 Å². The number of carbonyl (C=O) groups is 1. The maximum absolute atomic E-state index is 12.0. The minimum absolute atomic E-state index is 0.240. The van der Waals surface area contributed by atoms with Crippen molar-refractivity contribution < 1.29 is 9.90 Å². The Hall–Kier alpha value is -2.20. The third-order valence-electron chi connectivity index (χ3n) is 2.48. The number of pyridine rings is 1. The van der Waals surface area contributed by atoms with Crippen LogP contribution in [0, 0.1) is 0 Å². The topological polar surface area (TPSA) is 76.2 Å². The summed E-state index contributed by atoms with van der Waals surface area (Å²) in [6.45, 7) is 0. The van der Waals surface area contributed by atoms with Crippen molar-refractivity contribution in [1.29, 1.82) is 0 Å². The highest BCUT2D eigenvalue weighted by molar-refractivity contribution is 6.03. The van der Waals surface area contributed by atoms with Gasteiger partial charge in [0.1, 0.15) is 6.10 Å². The van der Waals surface area contributed by atoms with Crippen LogP contribution in [0.5, 0.6) is 0 Å². The molecule has 0 amide bonds. The fraction of sp³-hybridized carbons (Fsp3) is 0.0769. The Morgan fingerprint density at radius 1 is 1.24 bits per heavy atom. The number of nitrogens with zero attached hydrogens (tertiary/aromatic N) is 1. The lowest BCUT2D eigenvalue weighted by molar-refractivity contribution is 0.0748. The van der Waals surface area contributed by atoms with Crippen LogP contribution < -0.4 is 5.73 Å². The molecule has 4 nitrogen and oxygen atoms in total. The Labute approximate surface area is 98.7 Å². The molecule has 0 fully saturated rings. The lowest BCUT2D eigenvalue weighted by Crippen LogP contribution is -2.14. The van der Waals surface area contributed by atoms with E-state index in [1.54, 1.807) is 24.3 Å². The number of rotatable bonds is 3. The van der Waals surface area contributed by atoms with Crippen molar-refractivity contribution in [3.05, 3.63) is 59.9 Å². The van der Waals surface area contributed by atoms with Gasteiger partial charge in [0, 0.05) is 18.1 Å². The van der Waals surface area contributed by atoms with Crippen LogP contribution in [-0.4, -0.2) is 15.9 Å². The van der Waals surface area contributed by atoms with Gasteiger partial charge in [-0.2, -0.15) is 0 Å². The molecule has 0 bridgehead atoms. The molecule has 1 unspecified atom stereocenters. The van der Waals surface area contributed by atoms with Crippen LogP contribution in [0.1, 0.15) is 22.0 Å². The smallest absolute Gasteiger partial charge is 0.199 e. The van der Waals surface area contributed by atoms with Gasteiger partial charge < -0.3 is 10.8 Å². The summed E-state index contributed by atoms with van der Waals surface area (Å²) in [6.07, 6.45) is 1.66. The van der Waals surface area contributed by atoms with E-state index in [4.69, 9.17) is 5.73 Å². The van der Waals surface area contributed by atoms with Crippen LogP contribution in [-0.2, 0) is 0 Å². The van der Waals surface area contributed by atoms with Crippen molar-refractivity contribution in [3.63, 3.8) is 0 Å². The summed E-state index contributed by atoms with van der Waals surface area (Å²) in [5, 5.41) is 9.93. The van der Waals surface area contributed by atoms with E-state index in [1.807, 2.05) is 6.07 Å². The molecule has 0 aliphatic heterocycles. The third-order valence-corrected chi connectivity index (χ3v) is 2.48. The normalized spacial score (nSPS) is 12.1. The van der Waals surface area contributed by atoms with Gasteiger partial charge in [0.15, 0.2) is 5.78 Å². The summed E-state index contributed by atoms with van der Waals surface area (Å²) >= 11 is 0. The summed E-state index contributed by atoms with van der Waals surface area (Å²) in [5.74, 6) is -0.443. The number of benzene rings is 1. The van der Waals surface area contributed by atoms with E-state index in [0.29, 0.717) is 11.3 Å². The number of aliphatic hydroxyl groups excluding tert-OH is 1. The first kappa shape index (κ1) is 11.3. The number of Topliss-reactive ketones (excluding diaryl/α,β-unsaturated/α-hetero) is 1. The first-order chi connectivity index (χ1) is 8.20. The van der Waals surface area contributed by atoms with E-state index < -0.39 is 11.9 Å². The molecule has 0 radical (unpaired) electrons. The van der Waals surface area contributed by atoms with Gasteiger partial charge in [0.2, 0.25) is 0 Å². The van der Waals surface area contributed by atoms with Crippen molar-refractivity contribution in [2.75, 3.05) is 5.73 Å². The van der Waals surface area contributed by atoms with Gasteiger partial charge in [0.25, 0.3) is 0 Å². The Kier molecular flexibility index (Phi) is 3.16. The highest BCUT2D eigenvalue weighted by atomic mass is 16.3. The minimum atomic E-state index is -1.21. The van der Waals surface area contributed by atoms with E-state index in [9.17, 15) is 9.90 Å². The van der Waals surface area contributed by atoms with Gasteiger partial charge in [-0.25, -0.2) is 0 Å². The second-order valence-electron chi connectivity index (χ2n) is 3.64. The average molecular weight is 228 g/mol. The summed E-state index contributed by atoms with van der Waals surface area (Å²) in [5.41, 5.74) is 6.77. The molecule has 17 heavy (non-hydrogen) atoms. The maximum Gasteiger partial charge on any atom is 0.199 e. The Bertz CT molecular complexity index is 526. The molecule has 1 aromatic carbocycles. The number of anilines is 1. The van der Waals surface area contributed by atoms with E-state index in [2.05, 4.69) is 4.98 Å². The molecule has 1 atom stereocenters. The standard InChI is InChI=1S/C13H12N2O2/c14-11-6-7-15-8-10(11)13(17)12(16)9-4-2-1-3-5-9/h1-8,12,16H,(H2,14,15). The van der Waals surface area contributed by atoms with E-state index in [1.165, 1.54) is 18.5 Å². The Balaban J connectivity index is 2.30. The van der Waals surface area contributed by atoms with E-state index in [-0.39, 0.29) is 5.56 Å². The number of carbonyl (C=O) groups excluding carboxylic acids is 1. The molecule has 4 heteroatoms. The lowest BCUT2D eigenvalue weighted by Gasteiger charge is -2.10. The fourth-order valence-electron chi connectivity index (χ4n) is 1.55. The third kappa shape index (κ3) is 2.32. The monoisotopic (exact) mass is 228 g/mol. The van der Waals surface area contributed by atoms with Gasteiger partial charge in [-0.15, -0.1) is 0 Å². The van der Waals surface area contributed by atoms with Crippen LogP contribution in [0.2, 0.25) is 0 Å². The minimum Gasteiger partial charge on any atom is -0.398 e. The van der Waals surface area contributed by atoms with Crippen molar-refractivity contribution in [2.45, 2.75) is 6.10 Å². The van der Waals surface area contributed by atoms with Gasteiger partial charge >= 0.3 is 0 Å². The molecule has 1 aromatic heterocycles. The Morgan fingerprint density at radius 3 is 2.59 bits per heavy atom. The molecule has 2 rings (SSSR count). The zero-order valence-corrected chi connectivity index (χ0v) is 9.08. The molecule has 0 saturated heterocycles. The van der Waals surface area contributed by atoms with Crippen LogP contribution in [0.15, 0.2) is 48.8 Å². The summed E-state index contributed by atoms with van der Waals surface area (Å²) in [6, 6.07) is 10.3. The van der Waals surface area contributed by atoms with Gasteiger partial charge in [-0.3, -0.25) is 9.78 Å². The zero-order valence-electron chi connectivity index (χ0n) is 9.08. The second kappa shape index (κ2) is 4.76. The van der Waals surface area contributed by atoms with Crippen molar-refractivity contribution >= 4 is 11.5 Å². The number of aromatic nitrogens is 1. The molecule has 2 aromatic rings. The highest BCUT2D eigenvalue weighted by Gasteiger charge is 2.20. The van der Waals surface area contributed by atoms with Crippen LogP contribution >= 0.6 is 0 Å². The number of nitrogens with two attached hydrogens (primary N) is 1. The van der Waals surface area contributed by atoms with Crippen molar-refractivity contribution in [3.8, 4) is 0 Å². The van der Waals surface area contributed by atoms with Crippen molar-refractivity contribution in [2.24, 2.45) is 0 Å².